The molecule has 0 bridgehead atoms. The van der Waals surface area contributed by atoms with E-state index in [2.05, 4.69) is 10.1 Å². The van der Waals surface area contributed by atoms with Crippen molar-refractivity contribution in [1.82, 2.24) is 10.1 Å². The standard InChI is InChI=1S/C13H15N3O/c1-8-5-6-10(14)7-11(8)13-15-12(16-17-13)9-3-2-4-9/h5-7,9H,2-4,14H2,1H3. The number of aryl methyl sites for hydroxylation is 1. The lowest BCUT2D eigenvalue weighted by Gasteiger charge is -2.20. The highest BCUT2D eigenvalue weighted by Crippen LogP contribution is 2.35. The Kier molecular flexibility index (Phi) is 2.35. The molecule has 1 aliphatic rings. The van der Waals surface area contributed by atoms with Crippen LogP contribution in [-0.4, -0.2) is 10.1 Å². The Morgan fingerprint density at radius 1 is 1.35 bits per heavy atom. The van der Waals surface area contributed by atoms with E-state index in [1.165, 1.54) is 19.3 Å². The van der Waals surface area contributed by atoms with Crippen LogP contribution in [-0.2, 0) is 0 Å². The number of hydrogen-bond acceptors (Lipinski definition) is 4. The molecular formula is C13H15N3O. The van der Waals surface area contributed by atoms with Crippen molar-refractivity contribution in [2.24, 2.45) is 0 Å². The van der Waals surface area contributed by atoms with Crippen molar-refractivity contribution in [3.8, 4) is 11.5 Å². The van der Waals surface area contributed by atoms with E-state index in [1.54, 1.807) is 0 Å². The normalized spacial score (nSPS) is 15.8. The second kappa shape index (κ2) is 3.87. The quantitative estimate of drug-likeness (QED) is 0.804. The molecule has 0 aliphatic heterocycles. The van der Waals surface area contributed by atoms with Crippen LogP contribution in [0, 0.1) is 6.92 Å². The summed E-state index contributed by atoms with van der Waals surface area (Å²) in [7, 11) is 0. The Bertz CT molecular complexity index is 543. The Labute approximate surface area is 99.8 Å². The van der Waals surface area contributed by atoms with Gasteiger partial charge in [-0.25, -0.2) is 0 Å². The summed E-state index contributed by atoms with van der Waals surface area (Å²) >= 11 is 0. The van der Waals surface area contributed by atoms with Gasteiger partial charge in [0.05, 0.1) is 0 Å². The first-order valence-electron chi connectivity index (χ1n) is 5.94. The second-order valence-electron chi connectivity index (χ2n) is 4.66. The summed E-state index contributed by atoms with van der Waals surface area (Å²) in [6, 6.07) is 5.73. The Hall–Kier alpha value is -1.84. The summed E-state index contributed by atoms with van der Waals surface area (Å²) in [5, 5.41) is 4.06. The zero-order valence-corrected chi connectivity index (χ0v) is 9.81. The molecule has 1 heterocycles. The number of anilines is 1. The first kappa shape index (κ1) is 10.3. The molecule has 2 N–H and O–H groups in total. The van der Waals surface area contributed by atoms with Crippen molar-refractivity contribution in [2.45, 2.75) is 32.1 Å². The lowest BCUT2D eigenvalue weighted by molar-refractivity contribution is 0.366. The summed E-state index contributed by atoms with van der Waals surface area (Å²) in [5.41, 5.74) is 8.53. The van der Waals surface area contributed by atoms with Gasteiger partial charge in [-0.1, -0.05) is 17.6 Å². The van der Waals surface area contributed by atoms with Gasteiger partial charge in [0.2, 0.25) is 0 Å². The fourth-order valence-electron chi connectivity index (χ4n) is 2.05. The number of benzene rings is 1. The predicted octanol–water partition coefficient (Wildman–Crippen LogP) is 2.89. The highest BCUT2D eigenvalue weighted by molar-refractivity contribution is 5.63. The van der Waals surface area contributed by atoms with Crippen LogP contribution in [0.15, 0.2) is 22.7 Å². The molecule has 0 atom stereocenters. The monoisotopic (exact) mass is 229 g/mol. The molecule has 3 rings (SSSR count). The molecule has 1 aromatic carbocycles. The van der Waals surface area contributed by atoms with E-state index in [-0.39, 0.29) is 0 Å². The van der Waals surface area contributed by atoms with Gasteiger partial charge in [0, 0.05) is 17.2 Å². The molecule has 0 amide bonds. The number of nitrogens with zero attached hydrogens (tertiary/aromatic N) is 2. The van der Waals surface area contributed by atoms with Crippen LogP contribution in [0.4, 0.5) is 5.69 Å². The average molecular weight is 229 g/mol. The third-order valence-corrected chi connectivity index (χ3v) is 3.40. The number of hydrogen-bond donors (Lipinski definition) is 1. The van der Waals surface area contributed by atoms with Crippen LogP contribution in [0.1, 0.15) is 36.6 Å². The highest BCUT2D eigenvalue weighted by Gasteiger charge is 2.25. The van der Waals surface area contributed by atoms with Crippen LogP contribution < -0.4 is 5.73 Å². The van der Waals surface area contributed by atoms with Crippen molar-refractivity contribution >= 4 is 5.69 Å². The molecule has 1 aromatic heterocycles. The van der Waals surface area contributed by atoms with Gasteiger partial charge >= 0.3 is 0 Å². The van der Waals surface area contributed by atoms with E-state index >= 15 is 0 Å². The number of nitrogen functional groups attached to an aromatic ring is 1. The Morgan fingerprint density at radius 3 is 2.88 bits per heavy atom. The van der Waals surface area contributed by atoms with Gasteiger partial charge in [0.25, 0.3) is 5.89 Å². The summed E-state index contributed by atoms with van der Waals surface area (Å²) in [6.07, 6.45) is 3.62. The molecule has 1 aliphatic carbocycles. The third kappa shape index (κ3) is 1.79. The van der Waals surface area contributed by atoms with Crippen LogP contribution in [0.3, 0.4) is 0 Å². The fraction of sp³-hybridized carbons (Fsp3) is 0.385. The SMILES string of the molecule is Cc1ccc(N)cc1-c1nc(C2CCC2)no1. The zero-order chi connectivity index (χ0) is 11.8. The maximum atomic E-state index is 5.78. The first-order chi connectivity index (χ1) is 8.24. The summed E-state index contributed by atoms with van der Waals surface area (Å²) < 4.78 is 5.33. The lowest BCUT2D eigenvalue weighted by Crippen LogP contribution is -2.10. The van der Waals surface area contributed by atoms with Crippen molar-refractivity contribution in [3.05, 3.63) is 29.6 Å². The lowest BCUT2D eigenvalue weighted by atomic mass is 9.85. The minimum Gasteiger partial charge on any atom is -0.399 e. The molecule has 88 valence electrons. The molecule has 0 saturated heterocycles. The maximum absolute atomic E-state index is 5.78. The molecule has 1 fully saturated rings. The molecule has 4 heteroatoms. The predicted molar refractivity (Wildman–Crippen MR) is 65.5 cm³/mol. The largest absolute Gasteiger partial charge is 0.399 e. The van der Waals surface area contributed by atoms with Gasteiger partial charge in [-0.2, -0.15) is 4.98 Å². The fourth-order valence-corrected chi connectivity index (χ4v) is 2.05. The summed E-state index contributed by atoms with van der Waals surface area (Å²) in [4.78, 5) is 4.47. The van der Waals surface area contributed by atoms with Gasteiger partial charge in [-0.15, -0.1) is 0 Å². The Balaban J connectivity index is 1.97. The molecule has 2 aromatic rings. The van der Waals surface area contributed by atoms with Gasteiger partial charge < -0.3 is 10.3 Å². The van der Waals surface area contributed by atoms with Crippen molar-refractivity contribution in [1.29, 1.82) is 0 Å². The van der Waals surface area contributed by atoms with E-state index in [9.17, 15) is 0 Å². The molecule has 0 spiro atoms. The van der Waals surface area contributed by atoms with Crippen LogP contribution in [0.5, 0.6) is 0 Å². The average Bonchev–Trinajstić information content (AvgIpc) is 2.68. The van der Waals surface area contributed by atoms with Crippen LogP contribution in [0.25, 0.3) is 11.5 Å². The number of rotatable bonds is 2. The first-order valence-corrected chi connectivity index (χ1v) is 5.94. The summed E-state index contributed by atoms with van der Waals surface area (Å²) in [5.74, 6) is 1.92. The van der Waals surface area contributed by atoms with Gasteiger partial charge in [0.1, 0.15) is 0 Å². The topological polar surface area (TPSA) is 64.9 Å². The maximum Gasteiger partial charge on any atom is 0.258 e. The van der Waals surface area contributed by atoms with Crippen molar-refractivity contribution in [3.63, 3.8) is 0 Å². The van der Waals surface area contributed by atoms with E-state index in [0.717, 1.165) is 17.0 Å². The molecular weight excluding hydrogens is 214 g/mol. The molecule has 4 nitrogen and oxygen atoms in total. The molecule has 1 saturated carbocycles. The van der Waals surface area contributed by atoms with E-state index in [1.807, 2.05) is 25.1 Å². The van der Waals surface area contributed by atoms with Gasteiger partial charge in [-0.3, -0.25) is 0 Å². The van der Waals surface area contributed by atoms with Crippen LogP contribution in [0.2, 0.25) is 0 Å². The van der Waals surface area contributed by atoms with Crippen molar-refractivity contribution < 1.29 is 4.52 Å². The van der Waals surface area contributed by atoms with Crippen molar-refractivity contribution in [2.75, 3.05) is 5.73 Å². The van der Waals surface area contributed by atoms with Gasteiger partial charge in [0.15, 0.2) is 5.82 Å². The van der Waals surface area contributed by atoms with E-state index in [0.29, 0.717) is 17.5 Å². The second-order valence-corrected chi connectivity index (χ2v) is 4.66. The van der Waals surface area contributed by atoms with Gasteiger partial charge in [-0.05, 0) is 37.5 Å². The van der Waals surface area contributed by atoms with Crippen LogP contribution >= 0.6 is 0 Å². The molecule has 17 heavy (non-hydrogen) atoms. The number of aromatic nitrogens is 2. The Morgan fingerprint density at radius 2 is 2.18 bits per heavy atom. The minimum atomic E-state index is 0.494. The summed E-state index contributed by atoms with van der Waals surface area (Å²) in [6.45, 7) is 2.02. The highest BCUT2D eigenvalue weighted by atomic mass is 16.5. The third-order valence-electron chi connectivity index (χ3n) is 3.40. The van der Waals surface area contributed by atoms with E-state index in [4.69, 9.17) is 10.3 Å². The minimum absolute atomic E-state index is 0.494. The number of nitrogens with two attached hydrogens (primary N) is 1. The molecule has 0 radical (unpaired) electrons. The molecule has 0 unspecified atom stereocenters. The zero-order valence-electron chi connectivity index (χ0n) is 9.81. The van der Waals surface area contributed by atoms with E-state index < -0.39 is 0 Å². The smallest absolute Gasteiger partial charge is 0.258 e.